The molecule has 0 bridgehead atoms. The van der Waals surface area contributed by atoms with E-state index in [-0.39, 0.29) is 0 Å². The van der Waals surface area contributed by atoms with E-state index in [1.807, 2.05) is 6.07 Å². The van der Waals surface area contributed by atoms with Crippen LogP contribution in [0.5, 0.6) is 11.5 Å². The average molecular weight is 353 g/mol. The molecule has 0 spiro atoms. The smallest absolute Gasteiger partial charge is 0.414 e. The predicted molar refractivity (Wildman–Crippen MR) is 93.4 cm³/mol. The van der Waals surface area contributed by atoms with Gasteiger partial charge in [0.15, 0.2) is 11.5 Å². The summed E-state index contributed by atoms with van der Waals surface area (Å²) in [5.41, 5.74) is 1.29. The molecular weight excluding hydrogens is 326 g/mol. The standard InChI is InChI=1S/C16H25NO2.C2H2O4/c1-18-15-9-8-13(12-16(15)19-2)10-11-17-14-6-4-3-5-7-14;3-1(4)2(5)6/h8-9,12,14,17H,3-7,10-11H2,1-2H3;(H,3,4)(H,5,6). The van der Waals surface area contributed by atoms with E-state index in [9.17, 15) is 0 Å². The van der Waals surface area contributed by atoms with Crippen molar-refractivity contribution in [2.75, 3.05) is 20.8 Å². The second kappa shape index (κ2) is 11.3. The summed E-state index contributed by atoms with van der Waals surface area (Å²) in [5, 5.41) is 18.4. The van der Waals surface area contributed by atoms with Gasteiger partial charge < -0.3 is 25.0 Å². The number of methoxy groups -OCH3 is 2. The minimum atomic E-state index is -1.82. The van der Waals surface area contributed by atoms with Gasteiger partial charge in [-0.2, -0.15) is 0 Å². The zero-order valence-electron chi connectivity index (χ0n) is 14.8. The van der Waals surface area contributed by atoms with Crippen LogP contribution in [-0.2, 0) is 16.0 Å². The first-order valence-electron chi connectivity index (χ1n) is 8.38. The molecule has 25 heavy (non-hydrogen) atoms. The molecule has 3 N–H and O–H groups in total. The molecule has 0 atom stereocenters. The van der Waals surface area contributed by atoms with E-state index in [0.717, 1.165) is 30.5 Å². The van der Waals surface area contributed by atoms with Crippen LogP contribution in [0.1, 0.15) is 37.7 Å². The Morgan fingerprint density at radius 3 is 2.16 bits per heavy atom. The van der Waals surface area contributed by atoms with Crippen molar-refractivity contribution in [3.63, 3.8) is 0 Å². The number of carboxylic acid groups (broad SMARTS) is 2. The van der Waals surface area contributed by atoms with Crippen molar-refractivity contribution in [1.82, 2.24) is 5.32 Å². The minimum absolute atomic E-state index is 0.730. The van der Waals surface area contributed by atoms with Crippen LogP contribution < -0.4 is 14.8 Å². The van der Waals surface area contributed by atoms with Crippen molar-refractivity contribution in [3.8, 4) is 11.5 Å². The molecule has 1 aliphatic rings. The van der Waals surface area contributed by atoms with Crippen molar-refractivity contribution in [2.24, 2.45) is 0 Å². The lowest BCUT2D eigenvalue weighted by atomic mass is 9.95. The van der Waals surface area contributed by atoms with Crippen molar-refractivity contribution in [1.29, 1.82) is 0 Å². The molecule has 1 aliphatic carbocycles. The molecule has 1 aromatic carbocycles. The molecular formula is C18H27NO6. The number of hydrogen-bond donors (Lipinski definition) is 3. The first-order chi connectivity index (χ1) is 12.0. The third-order valence-corrected chi connectivity index (χ3v) is 4.08. The van der Waals surface area contributed by atoms with Gasteiger partial charge in [-0.15, -0.1) is 0 Å². The molecule has 7 nitrogen and oxygen atoms in total. The number of carbonyl (C=O) groups is 2. The quantitative estimate of drug-likeness (QED) is 0.674. The number of benzene rings is 1. The van der Waals surface area contributed by atoms with E-state index in [1.165, 1.54) is 37.7 Å². The van der Waals surface area contributed by atoms with Gasteiger partial charge in [0.2, 0.25) is 0 Å². The highest BCUT2D eigenvalue weighted by molar-refractivity contribution is 6.27. The molecule has 7 heteroatoms. The Labute approximate surface area is 147 Å². The van der Waals surface area contributed by atoms with Crippen LogP contribution in [0.4, 0.5) is 0 Å². The number of nitrogens with one attached hydrogen (secondary N) is 1. The summed E-state index contributed by atoms with van der Waals surface area (Å²) in [4.78, 5) is 18.2. The van der Waals surface area contributed by atoms with Crippen LogP contribution in [0.2, 0.25) is 0 Å². The Balaban J connectivity index is 0.000000450. The summed E-state index contributed by atoms with van der Waals surface area (Å²) < 4.78 is 10.6. The molecule has 0 heterocycles. The van der Waals surface area contributed by atoms with E-state index >= 15 is 0 Å². The van der Waals surface area contributed by atoms with Crippen molar-refractivity contribution in [3.05, 3.63) is 23.8 Å². The normalized spacial score (nSPS) is 14.2. The van der Waals surface area contributed by atoms with Crippen molar-refractivity contribution >= 4 is 11.9 Å². The number of ether oxygens (including phenoxy) is 2. The molecule has 140 valence electrons. The summed E-state index contributed by atoms with van der Waals surface area (Å²) in [6.45, 7) is 1.04. The van der Waals surface area contributed by atoms with Gasteiger partial charge in [-0.25, -0.2) is 9.59 Å². The Hall–Kier alpha value is -2.28. The lowest BCUT2D eigenvalue weighted by Crippen LogP contribution is -2.32. The van der Waals surface area contributed by atoms with Crippen LogP contribution in [0.25, 0.3) is 0 Å². The summed E-state index contributed by atoms with van der Waals surface area (Å²) in [7, 11) is 3.35. The zero-order valence-corrected chi connectivity index (χ0v) is 14.8. The molecule has 2 rings (SSSR count). The highest BCUT2D eigenvalue weighted by atomic mass is 16.5. The Kier molecular flexibility index (Phi) is 9.39. The van der Waals surface area contributed by atoms with Gasteiger partial charge in [0, 0.05) is 6.04 Å². The number of aliphatic carboxylic acids is 2. The molecule has 0 aromatic heterocycles. The molecule has 0 saturated heterocycles. The molecule has 1 fully saturated rings. The largest absolute Gasteiger partial charge is 0.493 e. The second-order valence-electron chi connectivity index (χ2n) is 5.84. The minimum Gasteiger partial charge on any atom is -0.493 e. The van der Waals surface area contributed by atoms with Crippen LogP contribution in [0.3, 0.4) is 0 Å². The topological polar surface area (TPSA) is 105 Å². The maximum Gasteiger partial charge on any atom is 0.414 e. The average Bonchev–Trinajstić information content (AvgIpc) is 2.63. The van der Waals surface area contributed by atoms with Crippen LogP contribution in [-0.4, -0.2) is 49.0 Å². The zero-order chi connectivity index (χ0) is 18.7. The van der Waals surface area contributed by atoms with E-state index in [4.69, 9.17) is 29.3 Å². The molecule has 0 aliphatic heterocycles. The maximum atomic E-state index is 9.10. The Morgan fingerprint density at radius 1 is 1.04 bits per heavy atom. The van der Waals surface area contributed by atoms with E-state index in [2.05, 4.69) is 17.4 Å². The van der Waals surface area contributed by atoms with Crippen molar-refractivity contribution in [2.45, 2.75) is 44.6 Å². The summed E-state index contributed by atoms with van der Waals surface area (Å²) >= 11 is 0. The van der Waals surface area contributed by atoms with Gasteiger partial charge in [0.1, 0.15) is 0 Å². The SMILES string of the molecule is COc1ccc(CCNC2CCCCC2)cc1OC.O=C(O)C(=O)O. The highest BCUT2D eigenvalue weighted by Gasteiger charge is 2.12. The lowest BCUT2D eigenvalue weighted by molar-refractivity contribution is -0.159. The van der Waals surface area contributed by atoms with Gasteiger partial charge in [0.25, 0.3) is 0 Å². The van der Waals surface area contributed by atoms with Gasteiger partial charge >= 0.3 is 11.9 Å². The molecule has 0 unspecified atom stereocenters. The number of hydrogen-bond acceptors (Lipinski definition) is 5. The molecule has 1 saturated carbocycles. The maximum absolute atomic E-state index is 9.10. The highest BCUT2D eigenvalue weighted by Crippen LogP contribution is 2.27. The third-order valence-electron chi connectivity index (χ3n) is 4.08. The summed E-state index contributed by atoms with van der Waals surface area (Å²) in [5.74, 6) is -2.03. The van der Waals surface area contributed by atoms with E-state index in [1.54, 1.807) is 14.2 Å². The predicted octanol–water partition coefficient (Wildman–Crippen LogP) is 2.32. The second-order valence-corrected chi connectivity index (χ2v) is 5.84. The van der Waals surface area contributed by atoms with Gasteiger partial charge in [-0.1, -0.05) is 25.3 Å². The third kappa shape index (κ3) is 7.89. The first kappa shape index (κ1) is 20.8. The Morgan fingerprint density at radius 2 is 1.64 bits per heavy atom. The van der Waals surface area contributed by atoms with Crippen LogP contribution in [0.15, 0.2) is 18.2 Å². The molecule has 0 radical (unpaired) electrons. The fourth-order valence-electron chi connectivity index (χ4n) is 2.76. The van der Waals surface area contributed by atoms with Crippen LogP contribution in [0, 0.1) is 0 Å². The first-order valence-corrected chi connectivity index (χ1v) is 8.38. The van der Waals surface area contributed by atoms with Gasteiger partial charge in [-0.05, 0) is 43.5 Å². The summed E-state index contributed by atoms with van der Waals surface area (Å²) in [6, 6.07) is 6.90. The van der Waals surface area contributed by atoms with Crippen molar-refractivity contribution < 1.29 is 29.3 Å². The van der Waals surface area contributed by atoms with Crippen LogP contribution >= 0.6 is 0 Å². The van der Waals surface area contributed by atoms with E-state index < -0.39 is 11.9 Å². The molecule has 1 aromatic rings. The molecule has 0 amide bonds. The monoisotopic (exact) mass is 353 g/mol. The van der Waals surface area contributed by atoms with E-state index in [0.29, 0.717) is 0 Å². The number of carboxylic acids is 2. The lowest BCUT2D eigenvalue weighted by Gasteiger charge is -2.22. The fraction of sp³-hybridized carbons (Fsp3) is 0.556. The van der Waals surface area contributed by atoms with Gasteiger partial charge in [-0.3, -0.25) is 0 Å². The number of rotatable bonds is 6. The summed E-state index contributed by atoms with van der Waals surface area (Å²) in [6.07, 6.45) is 7.89. The fourth-order valence-corrected chi connectivity index (χ4v) is 2.76. The Bertz CT molecular complexity index is 542. The van der Waals surface area contributed by atoms with Gasteiger partial charge in [0.05, 0.1) is 14.2 Å².